The highest BCUT2D eigenvalue weighted by Crippen LogP contribution is 2.04. The Labute approximate surface area is 69.5 Å². The molecule has 0 aliphatic carbocycles. The van der Waals surface area contributed by atoms with Gasteiger partial charge in [0.25, 0.3) is 0 Å². The fraction of sp³-hybridized carbons (Fsp3) is 0.500. The van der Waals surface area contributed by atoms with Gasteiger partial charge in [-0.25, -0.2) is 0 Å². The van der Waals surface area contributed by atoms with E-state index in [0.29, 0.717) is 0 Å². The standard InChI is InChI=1S/C10H17N/c1-5-9(3)7-10(4)8-11-6-2/h6-8H,5H2,1-4H3/b9-7?,10-8-,11-6?. The molecular weight excluding hydrogens is 134 g/mol. The molecule has 0 saturated carbocycles. The average molecular weight is 151 g/mol. The van der Waals surface area contributed by atoms with Crippen molar-refractivity contribution in [3.8, 4) is 0 Å². The summed E-state index contributed by atoms with van der Waals surface area (Å²) in [6.07, 6.45) is 6.94. The van der Waals surface area contributed by atoms with Gasteiger partial charge in [-0.3, -0.25) is 4.99 Å². The zero-order valence-corrected chi connectivity index (χ0v) is 7.89. The van der Waals surface area contributed by atoms with Crippen molar-refractivity contribution in [3.05, 3.63) is 23.4 Å². The van der Waals surface area contributed by atoms with Gasteiger partial charge in [0.1, 0.15) is 0 Å². The van der Waals surface area contributed by atoms with Gasteiger partial charge in [-0.1, -0.05) is 18.6 Å². The Morgan fingerprint density at radius 1 is 1.36 bits per heavy atom. The van der Waals surface area contributed by atoms with Crippen molar-refractivity contribution in [2.24, 2.45) is 4.99 Å². The first-order valence-electron chi connectivity index (χ1n) is 4.02. The molecular formula is C10H17N. The third kappa shape index (κ3) is 5.59. The summed E-state index contributed by atoms with van der Waals surface area (Å²) in [7, 11) is 0. The first-order chi connectivity index (χ1) is 5.20. The molecule has 62 valence electrons. The van der Waals surface area contributed by atoms with Crippen LogP contribution in [0.1, 0.15) is 34.1 Å². The topological polar surface area (TPSA) is 12.4 Å². The van der Waals surface area contributed by atoms with Gasteiger partial charge in [0.15, 0.2) is 0 Å². The second-order valence-electron chi connectivity index (χ2n) is 2.62. The molecule has 0 aromatic carbocycles. The van der Waals surface area contributed by atoms with Crippen LogP contribution in [0.25, 0.3) is 0 Å². The summed E-state index contributed by atoms with van der Waals surface area (Å²) in [6, 6.07) is 0. The summed E-state index contributed by atoms with van der Waals surface area (Å²) in [5.41, 5.74) is 2.60. The van der Waals surface area contributed by atoms with E-state index in [9.17, 15) is 0 Å². The van der Waals surface area contributed by atoms with Crippen molar-refractivity contribution in [1.29, 1.82) is 0 Å². The van der Waals surface area contributed by atoms with Crippen molar-refractivity contribution < 1.29 is 0 Å². The monoisotopic (exact) mass is 151 g/mol. The summed E-state index contributed by atoms with van der Waals surface area (Å²) in [5, 5.41) is 0. The number of hydrogen-bond donors (Lipinski definition) is 0. The molecule has 0 saturated heterocycles. The molecule has 1 nitrogen and oxygen atoms in total. The van der Waals surface area contributed by atoms with E-state index in [1.54, 1.807) is 6.21 Å². The highest BCUT2D eigenvalue weighted by Gasteiger charge is 1.84. The minimum absolute atomic E-state index is 1.11. The smallest absolute Gasteiger partial charge is 0.0292 e. The van der Waals surface area contributed by atoms with E-state index in [0.717, 1.165) is 6.42 Å². The Balaban J connectivity index is 4.14. The van der Waals surface area contributed by atoms with E-state index < -0.39 is 0 Å². The summed E-state index contributed by atoms with van der Waals surface area (Å²) in [4.78, 5) is 4.03. The molecule has 0 aliphatic rings. The quantitative estimate of drug-likeness (QED) is 0.433. The molecule has 0 heterocycles. The minimum Gasteiger partial charge on any atom is -0.269 e. The Bertz CT molecular complexity index is 185. The first kappa shape index (κ1) is 10.2. The molecule has 11 heavy (non-hydrogen) atoms. The van der Waals surface area contributed by atoms with Crippen molar-refractivity contribution >= 4 is 6.21 Å². The Hall–Kier alpha value is -0.850. The highest BCUT2D eigenvalue weighted by molar-refractivity contribution is 5.54. The first-order valence-corrected chi connectivity index (χ1v) is 4.02. The van der Waals surface area contributed by atoms with Gasteiger partial charge in [0.05, 0.1) is 0 Å². The lowest BCUT2D eigenvalue weighted by atomic mass is 10.1. The molecule has 0 unspecified atom stereocenters. The number of rotatable bonds is 3. The largest absolute Gasteiger partial charge is 0.269 e. The summed E-state index contributed by atoms with van der Waals surface area (Å²) in [5.74, 6) is 0. The number of hydrogen-bond acceptors (Lipinski definition) is 1. The SMILES string of the molecule is CC=N/C=C(/C)C=C(C)CC. The van der Waals surface area contributed by atoms with Gasteiger partial charge in [-0.2, -0.15) is 0 Å². The van der Waals surface area contributed by atoms with Crippen LogP contribution in [0.2, 0.25) is 0 Å². The van der Waals surface area contributed by atoms with Crippen molar-refractivity contribution in [1.82, 2.24) is 0 Å². The minimum atomic E-state index is 1.11. The third-order valence-corrected chi connectivity index (χ3v) is 1.46. The van der Waals surface area contributed by atoms with E-state index in [1.807, 2.05) is 13.1 Å². The maximum atomic E-state index is 4.03. The maximum Gasteiger partial charge on any atom is 0.0292 e. The predicted octanol–water partition coefficient (Wildman–Crippen LogP) is 3.34. The lowest BCUT2D eigenvalue weighted by Crippen LogP contribution is -1.73. The lowest BCUT2D eigenvalue weighted by molar-refractivity contribution is 1.09. The Morgan fingerprint density at radius 2 is 2.00 bits per heavy atom. The molecule has 0 rings (SSSR count). The fourth-order valence-corrected chi connectivity index (χ4v) is 0.720. The van der Waals surface area contributed by atoms with Crippen LogP contribution >= 0.6 is 0 Å². The number of aliphatic imine (C=N–C) groups is 1. The Kier molecular flexibility index (Phi) is 5.44. The van der Waals surface area contributed by atoms with Crippen molar-refractivity contribution in [3.63, 3.8) is 0 Å². The van der Waals surface area contributed by atoms with Gasteiger partial charge in [0.2, 0.25) is 0 Å². The summed E-state index contributed by atoms with van der Waals surface area (Å²) in [6.45, 7) is 8.27. The highest BCUT2D eigenvalue weighted by atomic mass is 14.7. The fourth-order valence-electron chi connectivity index (χ4n) is 0.720. The van der Waals surface area contributed by atoms with Gasteiger partial charge in [-0.05, 0) is 32.8 Å². The van der Waals surface area contributed by atoms with E-state index in [-0.39, 0.29) is 0 Å². The van der Waals surface area contributed by atoms with E-state index in [4.69, 9.17) is 0 Å². The second kappa shape index (κ2) is 5.90. The molecule has 0 aromatic rings. The predicted molar refractivity (Wildman–Crippen MR) is 52.0 cm³/mol. The third-order valence-electron chi connectivity index (χ3n) is 1.46. The van der Waals surface area contributed by atoms with Crippen LogP contribution in [-0.2, 0) is 0 Å². The van der Waals surface area contributed by atoms with Gasteiger partial charge in [-0.15, -0.1) is 0 Å². The summed E-state index contributed by atoms with van der Waals surface area (Å²) >= 11 is 0. The molecule has 1 heteroatoms. The van der Waals surface area contributed by atoms with Gasteiger partial charge < -0.3 is 0 Å². The van der Waals surface area contributed by atoms with Crippen LogP contribution < -0.4 is 0 Å². The molecule has 0 aromatic heterocycles. The number of nitrogens with zero attached hydrogens (tertiary/aromatic N) is 1. The van der Waals surface area contributed by atoms with Crippen LogP contribution in [0.5, 0.6) is 0 Å². The molecule has 0 spiro atoms. The molecule has 0 bridgehead atoms. The van der Waals surface area contributed by atoms with Crippen molar-refractivity contribution in [2.45, 2.75) is 34.1 Å². The summed E-state index contributed by atoms with van der Waals surface area (Å²) < 4.78 is 0. The van der Waals surface area contributed by atoms with Crippen LogP contribution in [0.4, 0.5) is 0 Å². The molecule has 0 aliphatic heterocycles. The van der Waals surface area contributed by atoms with Gasteiger partial charge >= 0.3 is 0 Å². The van der Waals surface area contributed by atoms with Crippen LogP contribution in [0.3, 0.4) is 0 Å². The Morgan fingerprint density at radius 3 is 2.45 bits per heavy atom. The molecule has 0 radical (unpaired) electrons. The number of allylic oxidation sites excluding steroid dienone is 3. The molecule has 0 fully saturated rings. The van der Waals surface area contributed by atoms with E-state index in [1.165, 1.54) is 11.1 Å². The van der Waals surface area contributed by atoms with Crippen LogP contribution in [-0.4, -0.2) is 6.21 Å². The molecule has 0 N–H and O–H groups in total. The van der Waals surface area contributed by atoms with Crippen LogP contribution in [0, 0.1) is 0 Å². The molecule has 0 amide bonds. The van der Waals surface area contributed by atoms with E-state index >= 15 is 0 Å². The zero-order chi connectivity index (χ0) is 8.69. The zero-order valence-electron chi connectivity index (χ0n) is 7.89. The lowest BCUT2D eigenvalue weighted by Gasteiger charge is -1.93. The molecule has 0 atom stereocenters. The van der Waals surface area contributed by atoms with E-state index in [2.05, 4.69) is 31.8 Å². The average Bonchev–Trinajstić information content (AvgIpc) is 2.00. The van der Waals surface area contributed by atoms with Crippen molar-refractivity contribution in [2.75, 3.05) is 0 Å². The normalized spacial score (nSPS) is 14.5. The second-order valence-corrected chi connectivity index (χ2v) is 2.62. The van der Waals surface area contributed by atoms with Crippen LogP contribution in [0.15, 0.2) is 28.4 Å². The maximum absolute atomic E-state index is 4.03. The van der Waals surface area contributed by atoms with Gasteiger partial charge in [0, 0.05) is 12.4 Å².